The predicted molar refractivity (Wildman–Crippen MR) is 68.1 cm³/mol. The lowest BCUT2D eigenvalue weighted by Crippen LogP contribution is -2.40. The van der Waals surface area contributed by atoms with Gasteiger partial charge in [-0.05, 0) is 25.8 Å². The molecular weight excluding hydrogens is 230 g/mol. The molecule has 0 spiro atoms. The molecule has 1 aromatic heterocycles. The van der Waals surface area contributed by atoms with Gasteiger partial charge in [0, 0.05) is 18.5 Å². The van der Waals surface area contributed by atoms with E-state index in [0.29, 0.717) is 6.54 Å². The van der Waals surface area contributed by atoms with Gasteiger partial charge in [0.2, 0.25) is 5.91 Å². The number of rotatable bonds is 5. The third kappa shape index (κ3) is 2.72. The third-order valence-electron chi connectivity index (χ3n) is 3.42. The van der Waals surface area contributed by atoms with Gasteiger partial charge in [-0.1, -0.05) is 19.0 Å². The zero-order valence-corrected chi connectivity index (χ0v) is 11.1. The van der Waals surface area contributed by atoms with Gasteiger partial charge in [0.05, 0.1) is 11.7 Å². The van der Waals surface area contributed by atoms with E-state index in [1.54, 1.807) is 0 Å². The SMILES string of the molecule is CCc1noc(CC)c1CNC(=O)C1CCCN1. The smallest absolute Gasteiger partial charge is 0.237 e. The van der Waals surface area contributed by atoms with Crippen molar-refractivity contribution in [1.82, 2.24) is 15.8 Å². The molecule has 1 aliphatic heterocycles. The topological polar surface area (TPSA) is 67.2 Å². The quantitative estimate of drug-likeness (QED) is 0.824. The van der Waals surface area contributed by atoms with E-state index in [9.17, 15) is 4.79 Å². The molecule has 5 heteroatoms. The van der Waals surface area contributed by atoms with Gasteiger partial charge in [-0.2, -0.15) is 0 Å². The molecule has 1 saturated heterocycles. The summed E-state index contributed by atoms with van der Waals surface area (Å²) in [6.07, 6.45) is 3.64. The Morgan fingerprint density at radius 2 is 2.33 bits per heavy atom. The van der Waals surface area contributed by atoms with Gasteiger partial charge in [-0.25, -0.2) is 0 Å². The van der Waals surface area contributed by atoms with Crippen molar-refractivity contribution in [2.24, 2.45) is 0 Å². The number of amides is 1. The Morgan fingerprint density at radius 3 is 2.94 bits per heavy atom. The Hall–Kier alpha value is -1.36. The van der Waals surface area contributed by atoms with Gasteiger partial charge in [0.25, 0.3) is 0 Å². The van der Waals surface area contributed by atoms with Gasteiger partial charge in [0.15, 0.2) is 0 Å². The van der Waals surface area contributed by atoms with Crippen LogP contribution in [0.15, 0.2) is 4.52 Å². The number of carbonyl (C=O) groups excluding carboxylic acids is 1. The first-order chi connectivity index (χ1) is 8.76. The molecule has 1 fully saturated rings. The van der Waals surface area contributed by atoms with E-state index < -0.39 is 0 Å². The van der Waals surface area contributed by atoms with Crippen LogP contribution in [0, 0.1) is 0 Å². The van der Waals surface area contributed by atoms with Crippen molar-refractivity contribution in [3.63, 3.8) is 0 Å². The minimum atomic E-state index is -0.0278. The third-order valence-corrected chi connectivity index (χ3v) is 3.42. The van der Waals surface area contributed by atoms with Crippen LogP contribution < -0.4 is 10.6 Å². The average molecular weight is 251 g/mol. The molecule has 1 atom stereocenters. The normalized spacial score (nSPS) is 19.1. The maximum Gasteiger partial charge on any atom is 0.237 e. The van der Waals surface area contributed by atoms with E-state index in [4.69, 9.17) is 4.52 Å². The Morgan fingerprint density at radius 1 is 1.50 bits per heavy atom. The molecule has 1 aromatic rings. The van der Waals surface area contributed by atoms with Gasteiger partial charge in [-0.3, -0.25) is 4.79 Å². The molecule has 0 aromatic carbocycles. The highest BCUT2D eigenvalue weighted by molar-refractivity contribution is 5.82. The zero-order valence-electron chi connectivity index (χ0n) is 11.1. The van der Waals surface area contributed by atoms with E-state index in [-0.39, 0.29) is 11.9 Å². The van der Waals surface area contributed by atoms with Crippen LogP contribution in [0.25, 0.3) is 0 Å². The molecule has 1 amide bonds. The van der Waals surface area contributed by atoms with Gasteiger partial charge >= 0.3 is 0 Å². The molecule has 0 bridgehead atoms. The van der Waals surface area contributed by atoms with Crippen molar-refractivity contribution in [3.05, 3.63) is 17.0 Å². The first kappa shape index (κ1) is 13.1. The molecule has 5 nitrogen and oxygen atoms in total. The second-order valence-electron chi connectivity index (χ2n) is 4.60. The highest BCUT2D eigenvalue weighted by atomic mass is 16.5. The predicted octanol–water partition coefficient (Wildman–Crippen LogP) is 1.17. The van der Waals surface area contributed by atoms with E-state index in [1.807, 2.05) is 13.8 Å². The molecule has 2 rings (SSSR count). The van der Waals surface area contributed by atoms with E-state index >= 15 is 0 Å². The highest BCUT2D eigenvalue weighted by Crippen LogP contribution is 2.15. The molecular formula is C13H21N3O2. The Bertz CT molecular complexity index is 387. The monoisotopic (exact) mass is 251 g/mol. The fraction of sp³-hybridized carbons (Fsp3) is 0.692. The van der Waals surface area contributed by atoms with Gasteiger partial charge in [-0.15, -0.1) is 0 Å². The summed E-state index contributed by atoms with van der Waals surface area (Å²) >= 11 is 0. The number of hydrogen-bond acceptors (Lipinski definition) is 4. The standard InChI is InChI=1S/C13H21N3O2/c1-3-10-9(12(4-2)18-16-10)8-15-13(17)11-6-5-7-14-11/h11,14H,3-8H2,1-2H3,(H,15,17). The lowest BCUT2D eigenvalue weighted by Gasteiger charge is -2.11. The summed E-state index contributed by atoms with van der Waals surface area (Å²) in [5, 5.41) is 10.2. The second kappa shape index (κ2) is 6.00. The molecule has 18 heavy (non-hydrogen) atoms. The van der Waals surface area contributed by atoms with Crippen molar-refractivity contribution in [2.75, 3.05) is 6.54 Å². The second-order valence-corrected chi connectivity index (χ2v) is 4.60. The summed E-state index contributed by atoms with van der Waals surface area (Å²) in [6.45, 7) is 5.53. The molecule has 0 saturated carbocycles. The van der Waals surface area contributed by atoms with Gasteiger partial charge < -0.3 is 15.2 Å². The van der Waals surface area contributed by atoms with E-state index in [0.717, 1.165) is 49.2 Å². The van der Waals surface area contributed by atoms with Crippen molar-refractivity contribution in [1.29, 1.82) is 0 Å². The Labute approximate surface area is 107 Å². The zero-order chi connectivity index (χ0) is 13.0. The first-order valence-corrected chi connectivity index (χ1v) is 6.73. The van der Waals surface area contributed by atoms with Crippen LogP contribution in [0.1, 0.15) is 43.7 Å². The van der Waals surface area contributed by atoms with Crippen LogP contribution in [-0.2, 0) is 24.2 Å². The summed E-state index contributed by atoms with van der Waals surface area (Å²) in [5.41, 5.74) is 2.00. The average Bonchev–Trinajstić information content (AvgIpc) is 3.04. The van der Waals surface area contributed by atoms with Crippen molar-refractivity contribution < 1.29 is 9.32 Å². The first-order valence-electron chi connectivity index (χ1n) is 6.73. The maximum absolute atomic E-state index is 11.9. The largest absolute Gasteiger partial charge is 0.361 e. The number of hydrogen-bond donors (Lipinski definition) is 2. The number of aromatic nitrogens is 1. The summed E-state index contributed by atoms with van der Waals surface area (Å²) in [7, 11) is 0. The highest BCUT2D eigenvalue weighted by Gasteiger charge is 2.22. The molecule has 0 aliphatic carbocycles. The van der Waals surface area contributed by atoms with Crippen molar-refractivity contribution in [2.45, 2.75) is 52.1 Å². The molecule has 0 radical (unpaired) electrons. The number of nitrogens with one attached hydrogen (secondary N) is 2. The number of carbonyl (C=O) groups is 1. The fourth-order valence-electron chi connectivity index (χ4n) is 2.34. The van der Waals surface area contributed by atoms with Crippen LogP contribution in [0.5, 0.6) is 0 Å². The lowest BCUT2D eigenvalue weighted by molar-refractivity contribution is -0.122. The Balaban J connectivity index is 1.96. The van der Waals surface area contributed by atoms with E-state index in [2.05, 4.69) is 15.8 Å². The van der Waals surface area contributed by atoms with Crippen LogP contribution >= 0.6 is 0 Å². The Kier molecular flexibility index (Phi) is 4.36. The van der Waals surface area contributed by atoms with Crippen molar-refractivity contribution >= 4 is 5.91 Å². The number of nitrogens with zero attached hydrogens (tertiary/aromatic N) is 1. The number of aryl methyl sites for hydroxylation is 2. The minimum Gasteiger partial charge on any atom is -0.361 e. The van der Waals surface area contributed by atoms with E-state index in [1.165, 1.54) is 0 Å². The van der Waals surface area contributed by atoms with Crippen LogP contribution in [0.2, 0.25) is 0 Å². The molecule has 1 unspecified atom stereocenters. The minimum absolute atomic E-state index is 0.0278. The summed E-state index contributed by atoms with van der Waals surface area (Å²) < 4.78 is 5.28. The maximum atomic E-state index is 11.9. The summed E-state index contributed by atoms with van der Waals surface area (Å²) in [4.78, 5) is 11.9. The molecule has 2 N–H and O–H groups in total. The van der Waals surface area contributed by atoms with Crippen LogP contribution in [0.3, 0.4) is 0 Å². The molecule has 100 valence electrons. The molecule has 1 aliphatic rings. The fourth-order valence-corrected chi connectivity index (χ4v) is 2.34. The van der Waals surface area contributed by atoms with Crippen molar-refractivity contribution in [3.8, 4) is 0 Å². The van der Waals surface area contributed by atoms with Crippen LogP contribution in [-0.4, -0.2) is 23.7 Å². The lowest BCUT2D eigenvalue weighted by atomic mass is 10.1. The van der Waals surface area contributed by atoms with Crippen LogP contribution in [0.4, 0.5) is 0 Å². The summed E-state index contributed by atoms with van der Waals surface area (Å²) in [5.74, 6) is 0.962. The summed E-state index contributed by atoms with van der Waals surface area (Å²) in [6, 6.07) is -0.0278. The molecule has 2 heterocycles. The van der Waals surface area contributed by atoms with Gasteiger partial charge in [0.1, 0.15) is 5.76 Å².